The van der Waals surface area contributed by atoms with E-state index in [0.29, 0.717) is 0 Å². The van der Waals surface area contributed by atoms with Gasteiger partial charge in [0.2, 0.25) is 0 Å². The average Bonchev–Trinajstić information content (AvgIpc) is 3.06. The number of benzene rings is 6. The van der Waals surface area contributed by atoms with Crippen molar-refractivity contribution >= 4 is 54.5 Å². The van der Waals surface area contributed by atoms with E-state index in [9.17, 15) is 0 Å². The van der Waals surface area contributed by atoms with Crippen molar-refractivity contribution in [3.63, 3.8) is 0 Å². The van der Waals surface area contributed by atoms with Gasteiger partial charge in [0.25, 0.3) is 0 Å². The van der Waals surface area contributed by atoms with Crippen LogP contribution in [0.2, 0.25) is 0 Å². The molecule has 0 heterocycles. The second kappa shape index (κ2) is 19.6. The van der Waals surface area contributed by atoms with Crippen LogP contribution in [0.4, 0.5) is 0 Å². The Kier molecular flexibility index (Phi) is 16.1. The fraction of sp³-hybridized carbons (Fsp3) is 0. The molecule has 0 atom stereocenters. The van der Waals surface area contributed by atoms with Crippen LogP contribution < -0.4 is 31.8 Å². The van der Waals surface area contributed by atoms with E-state index in [1.807, 2.05) is 0 Å². The molecule has 0 aliphatic heterocycles. The molecule has 2 nitrogen and oxygen atoms in total. The molecule has 0 aliphatic rings. The second-order valence-electron chi connectivity index (χ2n) is 8.95. The molecule has 6 rings (SSSR count). The van der Waals surface area contributed by atoms with E-state index < -0.39 is 15.8 Å². The van der Waals surface area contributed by atoms with Crippen LogP contribution in [0.1, 0.15) is 0 Å². The minimum Gasteiger partial charge on any atom is -0.545 e. The molecule has 213 valence electrons. The molecule has 0 bridgehead atoms. The van der Waals surface area contributed by atoms with E-state index in [1.54, 1.807) is 0 Å². The average molecular weight is 766 g/mol. The summed E-state index contributed by atoms with van der Waals surface area (Å²) in [6.07, 6.45) is 0. The van der Waals surface area contributed by atoms with Gasteiger partial charge in [-0.15, -0.1) is 0 Å². The van der Waals surface area contributed by atoms with Crippen LogP contribution in [0.15, 0.2) is 182 Å². The van der Waals surface area contributed by atoms with Crippen molar-refractivity contribution in [3.05, 3.63) is 182 Å². The maximum atomic E-state index is 7.75. The van der Waals surface area contributed by atoms with Gasteiger partial charge in [-0.3, -0.25) is 6.79 Å². The Morgan fingerprint density at radius 1 is 0.286 bits per heavy atom. The van der Waals surface area contributed by atoms with Gasteiger partial charge < -0.3 is 10.3 Å². The minimum atomic E-state index is -0.877. The van der Waals surface area contributed by atoms with Gasteiger partial charge in [0.05, 0.1) is 15.8 Å². The Balaban J connectivity index is 0.000000265. The molecule has 42 heavy (non-hydrogen) atoms. The second-order valence-corrected chi connectivity index (χ2v) is 13.9. The molecule has 0 saturated carbocycles. The van der Waals surface area contributed by atoms with Crippen molar-refractivity contribution in [2.45, 2.75) is 0 Å². The molecule has 5 heteroatoms. The predicted molar refractivity (Wildman–Crippen MR) is 183 cm³/mol. The zero-order chi connectivity index (χ0) is 27.8. The monoisotopic (exact) mass is 766 g/mol. The van der Waals surface area contributed by atoms with Gasteiger partial charge in [-0.1, -0.05) is 109 Å². The molecule has 2 N–H and O–H groups in total. The fourth-order valence-electron chi connectivity index (χ4n) is 4.63. The predicted octanol–water partition coefficient (Wildman–Crippen LogP) is 5.25. The van der Waals surface area contributed by atoms with Crippen LogP contribution >= 0.6 is 15.8 Å². The minimum absolute atomic E-state index is 0. The summed E-state index contributed by atoms with van der Waals surface area (Å²) < 4.78 is 0. The molecule has 0 spiro atoms. The smallest absolute Gasteiger partial charge is 0.102 e. The maximum absolute atomic E-state index is 7.75. The Bertz CT molecular complexity index is 1200. The van der Waals surface area contributed by atoms with Crippen LogP contribution in [-0.2, 0) is 24.9 Å². The van der Waals surface area contributed by atoms with Crippen molar-refractivity contribution in [2.24, 2.45) is 0 Å². The van der Waals surface area contributed by atoms with Crippen molar-refractivity contribution in [1.82, 2.24) is 0 Å². The van der Waals surface area contributed by atoms with E-state index in [4.69, 9.17) is 4.79 Å². The largest absolute Gasteiger partial charge is 0.545 e. The fourth-order valence-corrected chi connectivity index (χ4v) is 9.78. The van der Waals surface area contributed by atoms with Crippen molar-refractivity contribution in [2.75, 3.05) is 0 Å². The van der Waals surface area contributed by atoms with E-state index in [-0.39, 0.29) is 25.6 Å². The Labute approximate surface area is 265 Å². The van der Waals surface area contributed by atoms with Gasteiger partial charge in [0, 0.05) is 20.1 Å². The summed E-state index contributed by atoms with van der Waals surface area (Å²) in [6, 6.07) is 65.0. The van der Waals surface area contributed by atoms with Gasteiger partial charge in [-0.05, 0) is 72.8 Å². The van der Waals surface area contributed by atoms with Gasteiger partial charge in [-0.25, -0.2) is 0 Å². The van der Waals surface area contributed by atoms with Gasteiger partial charge >= 0.3 is 0 Å². The molecule has 6 aromatic carbocycles. The topological polar surface area (TPSA) is 48.6 Å². The normalized spacial score (nSPS) is 9.67. The van der Waals surface area contributed by atoms with Crippen LogP contribution in [0.3, 0.4) is 0 Å². The Morgan fingerprint density at radius 3 is 0.524 bits per heavy atom. The molecule has 0 amide bonds. The number of hydrogen-bond acceptors (Lipinski definition) is 1. The standard InChI is InChI=1S/2C18H15P.CHO.Ir.H2O/c2*1-4-10-16(11-5-1)19(17-12-6-2-7-13-17)18-14-8-3-9-15-18;1-2;;/h2*1-15H;1H;;1H2/q;;-1;;/p+2. The Morgan fingerprint density at radius 2 is 0.405 bits per heavy atom. The van der Waals surface area contributed by atoms with Gasteiger partial charge in [0.15, 0.2) is 0 Å². The summed E-state index contributed by atoms with van der Waals surface area (Å²) in [5, 5.41) is 8.61. The molecule has 0 fully saturated rings. The third kappa shape index (κ3) is 9.78. The third-order valence-electron chi connectivity index (χ3n) is 6.37. The van der Waals surface area contributed by atoms with E-state index in [0.717, 1.165) is 0 Å². The van der Waals surface area contributed by atoms with E-state index >= 15 is 0 Å². The van der Waals surface area contributed by atoms with E-state index in [2.05, 4.69) is 189 Å². The molecule has 0 aliphatic carbocycles. The molecule has 0 unspecified atom stereocenters. The van der Waals surface area contributed by atoms with Crippen molar-refractivity contribution in [1.29, 1.82) is 0 Å². The first-order chi connectivity index (χ1) is 19.9. The quantitative estimate of drug-likeness (QED) is 0.130. The van der Waals surface area contributed by atoms with Crippen LogP contribution in [0, 0.1) is 0 Å². The molecule has 0 aromatic heterocycles. The van der Waals surface area contributed by atoms with Crippen molar-refractivity contribution in [3.8, 4) is 0 Å². The molecular formula is C37H35IrO2P2+. The van der Waals surface area contributed by atoms with Gasteiger partial charge in [0.1, 0.15) is 31.8 Å². The van der Waals surface area contributed by atoms with Gasteiger partial charge in [-0.2, -0.15) is 0 Å². The summed E-state index contributed by atoms with van der Waals surface area (Å²) in [7, 11) is -1.75. The summed E-state index contributed by atoms with van der Waals surface area (Å²) in [5.74, 6) is 0. The Hall–Kier alpha value is -3.54. The summed E-state index contributed by atoms with van der Waals surface area (Å²) in [4.78, 5) is 7.75. The SMILES string of the molecule is O.[CH-]=O.[Ir].c1ccc([PH+](c2ccccc2)c2ccccc2)cc1.c1ccc([PH+](c2ccccc2)c2ccccc2)cc1. The number of rotatable bonds is 6. The zero-order valence-electron chi connectivity index (χ0n) is 23.1. The molecule has 1 radical (unpaired) electrons. The summed E-state index contributed by atoms with van der Waals surface area (Å²) in [5.41, 5.74) is 0. The zero-order valence-corrected chi connectivity index (χ0v) is 27.5. The molecular weight excluding hydrogens is 731 g/mol. The first-order valence-corrected chi connectivity index (χ1v) is 16.2. The van der Waals surface area contributed by atoms with E-state index in [1.165, 1.54) is 31.8 Å². The first-order valence-electron chi connectivity index (χ1n) is 13.2. The van der Waals surface area contributed by atoms with Crippen molar-refractivity contribution < 1.29 is 30.4 Å². The van der Waals surface area contributed by atoms with Crippen LogP contribution in [0.5, 0.6) is 0 Å². The number of carbonyl (C=O) groups excluding carboxylic acids is 1. The van der Waals surface area contributed by atoms with Crippen LogP contribution in [-0.4, -0.2) is 12.3 Å². The van der Waals surface area contributed by atoms with Crippen LogP contribution in [0.25, 0.3) is 0 Å². The third-order valence-corrected chi connectivity index (χ3v) is 11.8. The molecule has 6 aromatic rings. The maximum Gasteiger partial charge on any atom is 0.102 e. The summed E-state index contributed by atoms with van der Waals surface area (Å²) in [6.45, 7) is 3.25. The first kappa shape index (κ1) is 34.7. The molecule has 0 saturated heterocycles. The number of hydrogen-bond donors (Lipinski definition) is 0. The summed E-state index contributed by atoms with van der Waals surface area (Å²) >= 11 is 0.